The van der Waals surface area contributed by atoms with E-state index < -0.39 is 0 Å². The van der Waals surface area contributed by atoms with Gasteiger partial charge in [-0.1, -0.05) is 30.3 Å². The first-order valence-corrected chi connectivity index (χ1v) is 10.6. The standard InChI is InChI=1S/C22H37N3O4/c1-23-22(26)16-20(19-6-4-3-5-7-19)17-25-10-8-21(18-25)24-9-11-28-14-15-29-13-12-27-2/h3-7,20-21,24H,8-18H2,1-2H3,(H,23,26)/t20-,21+/m1/s1. The summed E-state index contributed by atoms with van der Waals surface area (Å²) in [4.78, 5) is 14.4. The molecule has 2 atom stereocenters. The summed E-state index contributed by atoms with van der Waals surface area (Å²) in [6.07, 6.45) is 1.65. The van der Waals surface area contributed by atoms with Gasteiger partial charge < -0.3 is 29.7 Å². The van der Waals surface area contributed by atoms with E-state index in [4.69, 9.17) is 14.2 Å². The van der Waals surface area contributed by atoms with Crippen molar-refractivity contribution < 1.29 is 19.0 Å². The van der Waals surface area contributed by atoms with Gasteiger partial charge in [-0.25, -0.2) is 0 Å². The minimum Gasteiger partial charge on any atom is -0.382 e. The summed E-state index contributed by atoms with van der Waals surface area (Å²) in [6.45, 7) is 6.95. The van der Waals surface area contributed by atoms with Crippen LogP contribution in [0.5, 0.6) is 0 Å². The van der Waals surface area contributed by atoms with E-state index >= 15 is 0 Å². The van der Waals surface area contributed by atoms with Crippen LogP contribution in [0.25, 0.3) is 0 Å². The van der Waals surface area contributed by atoms with Crippen LogP contribution in [0.3, 0.4) is 0 Å². The summed E-state index contributed by atoms with van der Waals surface area (Å²) in [5, 5.41) is 6.34. The maximum absolute atomic E-state index is 12.0. The second kappa shape index (κ2) is 14.5. The Labute approximate surface area is 175 Å². The van der Waals surface area contributed by atoms with E-state index in [9.17, 15) is 4.79 Å². The first-order valence-electron chi connectivity index (χ1n) is 10.6. The van der Waals surface area contributed by atoms with E-state index in [1.807, 2.05) is 18.2 Å². The zero-order valence-corrected chi connectivity index (χ0v) is 17.9. The van der Waals surface area contributed by atoms with E-state index in [0.29, 0.717) is 45.5 Å². The number of hydrogen-bond acceptors (Lipinski definition) is 6. The lowest BCUT2D eigenvalue weighted by atomic mass is 9.95. The van der Waals surface area contributed by atoms with Gasteiger partial charge in [0.1, 0.15) is 0 Å². The molecular formula is C22H37N3O4. The van der Waals surface area contributed by atoms with Crippen LogP contribution in [0.2, 0.25) is 0 Å². The summed E-state index contributed by atoms with van der Waals surface area (Å²) in [5.41, 5.74) is 1.23. The minimum absolute atomic E-state index is 0.0936. The third-order valence-corrected chi connectivity index (χ3v) is 5.22. The molecule has 0 unspecified atom stereocenters. The molecule has 1 amide bonds. The highest BCUT2D eigenvalue weighted by molar-refractivity contribution is 5.76. The molecule has 0 aromatic heterocycles. The van der Waals surface area contributed by atoms with Crippen molar-refractivity contribution in [1.82, 2.24) is 15.5 Å². The molecule has 0 radical (unpaired) electrons. The molecule has 1 aromatic carbocycles. The van der Waals surface area contributed by atoms with Crippen LogP contribution < -0.4 is 10.6 Å². The van der Waals surface area contributed by atoms with Crippen molar-refractivity contribution in [2.45, 2.75) is 24.8 Å². The van der Waals surface area contributed by atoms with Gasteiger partial charge in [0.25, 0.3) is 0 Å². The van der Waals surface area contributed by atoms with Gasteiger partial charge in [-0.05, 0) is 18.5 Å². The van der Waals surface area contributed by atoms with Crippen LogP contribution in [-0.4, -0.2) is 90.2 Å². The molecule has 1 aromatic rings. The molecular weight excluding hydrogens is 370 g/mol. The molecule has 7 heteroatoms. The maximum atomic E-state index is 12.0. The molecule has 7 nitrogen and oxygen atoms in total. The molecule has 2 N–H and O–H groups in total. The second-order valence-electron chi connectivity index (χ2n) is 7.40. The fourth-order valence-electron chi connectivity index (χ4n) is 3.62. The van der Waals surface area contributed by atoms with Gasteiger partial charge in [-0.3, -0.25) is 4.79 Å². The Bertz CT molecular complexity index is 558. The molecule has 0 aliphatic carbocycles. The minimum atomic E-state index is 0.0936. The zero-order chi connectivity index (χ0) is 20.7. The Morgan fingerprint density at radius 3 is 2.59 bits per heavy atom. The molecule has 0 saturated carbocycles. The van der Waals surface area contributed by atoms with E-state index in [1.165, 1.54) is 5.56 Å². The van der Waals surface area contributed by atoms with Crippen LogP contribution >= 0.6 is 0 Å². The fourth-order valence-corrected chi connectivity index (χ4v) is 3.62. The van der Waals surface area contributed by atoms with Crippen LogP contribution in [-0.2, 0) is 19.0 Å². The highest BCUT2D eigenvalue weighted by Crippen LogP contribution is 2.23. The van der Waals surface area contributed by atoms with Gasteiger partial charge in [0.2, 0.25) is 5.91 Å². The van der Waals surface area contributed by atoms with Gasteiger partial charge in [0, 0.05) is 52.2 Å². The zero-order valence-electron chi connectivity index (χ0n) is 17.9. The number of ether oxygens (including phenoxy) is 3. The third kappa shape index (κ3) is 9.69. The molecule has 0 bridgehead atoms. The van der Waals surface area contributed by atoms with Crippen molar-refractivity contribution in [2.24, 2.45) is 0 Å². The number of hydrogen-bond donors (Lipinski definition) is 2. The first kappa shape index (κ1) is 23.8. The molecule has 1 aliphatic heterocycles. The van der Waals surface area contributed by atoms with Gasteiger partial charge in [-0.15, -0.1) is 0 Å². The Balaban J connectivity index is 1.64. The lowest BCUT2D eigenvalue weighted by molar-refractivity contribution is -0.121. The van der Waals surface area contributed by atoms with E-state index in [1.54, 1.807) is 14.2 Å². The van der Waals surface area contributed by atoms with Gasteiger partial charge in [-0.2, -0.15) is 0 Å². The highest BCUT2D eigenvalue weighted by Gasteiger charge is 2.25. The third-order valence-electron chi connectivity index (χ3n) is 5.22. The summed E-state index contributed by atoms with van der Waals surface area (Å²) in [6, 6.07) is 10.8. The summed E-state index contributed by atoms with van der Waals surface area (Å²) < 4.78 is 15.9. The highest BCUT2D eigenvalue weighted by atomic mass is 16.5. The number of carbonyl (C=O) groups is 1. The van der Waals surface area contributed by atoms with Gasteiger partial charge >= 0.3 is 0 Å². The Kier molecular flexibility index (Phi) is 11.9. The Hall–Kier alpha value is -1.51. The molecule has 1 fully saturated rings. The Morgan fingerprint density at radius 1 is 1.14 bits per heavy atom. The normalized spacial score (nSPS) is 18.1. The van der Waals surface area contributed by atoms with Crippen molar-refractivity contribution in [3.63, 3.8) is 0 Å². The Morgan fingerprint density at radius 2 is 1.86 bits per heavy atom. The molecule has 1 heterocycles. The summed E-state index contributed by atoms with van der Waals surface area (Å²) in [7, 11) is 3.37. The van der Waals surface area contributed by atoms with Gasteiger partial charge in [0.05, 0.1) is 33.0 Å². The topological polar surface area (TPSA) is 72.1 Å². The average Bonchev–Trinajstić information content (AvgIpc) is 3.20. The molecule has 164 valence electrons. The molecule has 29 heavy (non-hydrogen) atoms. The predicted octanol–water partition coefficient (Wildman–Crippen LogP) is 1.25. The molecule has 2 rings (SSSR count). The van der Waals surface area contributed by atoms with E-state index in [2.05, 4.69) is 27.7 Å². The van der Waals surface area contributed by atoms with Gasteiger partial charge in [0.15, 0.2) is 0 Å². The van der Waals surface area contributed by atoms with E-state index in [-0.39, 0.29) is 11.8 Å². The average molecular weight is 408 g/mol. The number of nitrogens with one attached hydrogen (secondary N) is 2. The van der Waals surface area contributed by atoms with Crippen molar-refractivity contribution >= 4 is 5.91 Å². The van der Waals surface area contributed by atoms with Crippen LogP contribution in [0.1, 0.15) is 24.3 Å². The summed E-state index contributed by atoms with van der Waals surface area (Å²) >= 11 is 0. The largest absolute Gasteiger partial charge is 0.382 e. The van der Waals surface area contributed by atoms with Crippen LogP contribution in [0, 0.1) is 0 Å². The van der Waals surface area contributed by atoms with Crippen molar-refractivity contribution in [1.29, 1.82) is 0 Å². The second-order valence-corrected chi connectivity index (χ2v) is 7.40. The summed E-state index contributed by atoms with van der Waals surface area (Å²) in [5.74, 6) is 0.312. The maximum Gasteiger partial charge on any atom is 0.220 e. The fraction of sp³-hybridized carbons (Fsp3) is 0.682. The SMILES string of the molecule is CNC(=O)C[C@H](CN1CC[C@H](NCCOCCOCCOC)C1)c1ccccc1. The molecule has 1 aliphatic rings. The number of benzene rings is 1. The number of rotatable bonds is 15. The number of likely N-dealkylation sites (tertiary alicyclic amines) is 1. The van der Waals surface area contributed by atoms with Crippen LogP contribution in [0.4, 0.5) is 0 Å². The van der Waals surface area contributed by atoms with Crippen molar-refractivity contribution in [3.05, 3.63) is 35.9 Å². The molecule has 0 spiro atoms. The lowest BCUT2D eigenvalue weighted by Gasteiger charge is -2.24. The lowest BCUT2D eigenvalue weighted by Crippen LogP contribution is -2.36. The number of amides is 1. The predicted molar refractivity (Wildman–Crippen MR) is 114 cm³/mol. The number of carbonyl (C=O) groups excluding carboxylic acids is 1. The van der Waals surface area contributed by atoms with Crippen molar-refractivity contribution in [3.8, 4) is 0 Å². The van der Waals surface area contributed by atoms with Crippen molar-refractivity contribution in [2.75, 3.05) is 73.4 Å². The first-order chi connectivity index (χ1) is 14.2. The smallest absolute Gasteiger partial charge is 0.220 e. The molecule has 1 saturated heterocycles. The van der Waals surface area contributed by atoms with E-state index in [0.717, 1.165) is 32.6 Å². The number of methoxy groups -OCH3 is 1. The quantitative estimate of drug-likeness (QED) is 0.427. The monoisotopic (exact) mass is 407 g/mol. The van der Waals surface area contributed by atoms with Crippen LogP contribution in [0.15, 0.2) is 30.3 Å². The number of nitrogens with zero attached hydrogens (tertiary/aromatic N) is 1.